The molecule has 0 spiro atoms. The highest BCUT2D eigenvalue weighted by molar-refractivity contribution is 5.97. The van der Waals surface area contributed by atoms with Crippen molar-refractivity contribution >= 4 is 11.6 Å². The molecule has 0 aliphatic heterocycles. The van der Waals surface area contributed by atoms with E-state index in [9.17, 15) is 20.0 Å². The highest BCUT2D eigenvalue weighted by Gasteiger charge is 2.14. The Morgan fingerprint density at radius 3 is 2.54 bits per heavy atom. The normalized spacial score (nSPS) is 10.1. The highest BCUT2D eigenvalue weighted by Crippen LogP contribution is 2.25. The van der Waals surface area contributed by atoms with Crippen molar-refractivity contribution in [3.63, 3.8) is 0 Å². The predicted molar refractivity (Wildman–Crippen MR) is 83.3 cm³/mol. The molecule has 8 nitrogen and oxygen atoms in total. The molecule has 1 amide bonds. The smallest absolute Gasteiger partial charge is 0.269 e. The average Bonchev–Trinajstić information content (AvgIpc) is 2.59. The Hall–Kier alpha value is -3.29. The summed E-state index contributed by atoms with van der Waals surface area (Å²) in [7, 11) is 2.91. The first kappa shape index (κ1) is 17.1. The van der Waals surface area contributed by atoms with E-state index in [0.717, 1.165) is 18.2 Å². The summed E-state index contributed by atoms with van der Waals surface area (Å²) in [6, 6.07) is 8.06. The Bertz CT molecular complexity index is 775. The van der Waals surface area contributed by atoms with Crippen molar-refractivity contribution in [2.45, 2.75) is 6.54 Å². The number of carbonyl (C=O) groups excluding carboxylic acids is 1. The lowest BCUT2D eigenvalue weighted by atomic mass is 10.1. The lowest BCUT2D eigenvalue weighted by Gasteiger charge is -2.15. The molecular formula is C16H15N2O6-. The minimum atomic E-state index is -0.600. The van der Waals surface area contributed by atoms with Gasteiger partial charge in [-0.25, -0.2) is 0 Å². The molecule has 24 heavy (non-hydrogen) atoms. The standard InChI is InChI=1S/C16H16N2O6/c1-23-12-4-5-13(15(8-12)24-2)16(20)17-9-10-7-11(18(21)22)3-6-14(10)19/h3-8,19H,9H2,1-2H3,(H,17,20)/p-1. The Labute approximate surface area is 137 Å². The average molecular weight is 331 g/mol. The lowest BCUT2D eigenvalue weighted by molar-refractivity contribution is -0.385. The number of nitrogens with zero attached hydrogens (tertiary/aromatic N) is 1. The van der Waals surface area contributed by atoms with E-state index in [2.05, 4.69) is 5.32 Å². The molecule has 0 saturated carbocycles. The molecule has 2 aromatic carbocycles. The number of benzene rings is 2. The van der Waals surface area contributed by atoms with Gasteiger partial charge < -0.3 is 19.9 Å². The van der Waals surface area contributed by atoms with Crippen LogP contribution < -0.4 is 19.9 Å². The number of ether oxygens (including phenoxy) is 2. The van der Waals surface area contributed by atoms with Gasteiger partial charge in [-0.1, -0.05) is 6.07 Å². The van der Waals surface area contributed by atoms with Gasteiger partial charge in [-0.2, -0.15) is 0 Å². The van der Waals surface area contributed by atoms with Gasteiger partial charge in [0.2, 0.25) is 0 Å². The fourth-order valence-electron chi connectivity index (χ4n) is 2.07. The van der Waals surface area contributed by atoms with Crippen LogP contribution >= 0.6 is 0 Å². The van der Waals surface area contributed by atoms with Gasteiger partial charge in [0.25, 0.3) is 11.6 Å². The van der Waals surface area contributed by atoms with Gasteiger partial charge in [-0.15, -0.1) is 5.75 Å². The van der Waals surface area contributed by atoms with Crippen LogP contribution in [0.25, 0.3) is 0 Å². The van der Waals surface area contributed by atoms with E-state index in [-0.39, 0.29) is 29.1 Å². The van der Waals surface area contributed by atoms with Gasteiger partial charge >= 0.3 is 0 Å². The first-order chi connectivity index (χ1) is 11.5. The van der Waals surface area contributed by atoms with Crippen LogP contribution in [0.1, 0.15) is 15.9 Å². The summed E-state index contributed by atoms with van der Waals surface area (Å²) in [5, 5.41) is 25.0. The van der Waals surface area contributed by atoms with Crippen molar-refractivity contribution in [3.05, 3.63) is 57.6 Å². The molecule has 0 saturated heterocycles. The van der Waals surface area contributed by atoms with Gasteiger partial charge in [0.05, 0.1) is 24.7 Å². The van der Waals surface area contributed by atoms with Gasteiger partial charge in [0.15, 0.2) is 0 Å². The molecule has 126 valence electrons. The number of nitro groups is 1. The molecule has 2 rings (SSSR count). The summed E-state index contributed by atoms with van der Waals surface area (Å²) in [6.45, 7) is -0.130. The topological polar surface area (TPSA) is 114 Å². The fraction of sp³-hybridized carbons (Fsp3) is 0.188. The van der Waals surface area contributed by atoms with Crippen LogP contribution in [0.2, 0.25) is 0 Å². The molecule has 0 atom stereocenters. The van der Waals surface area contributed by atoms with E-state index in [4.69, 9.17) is 9.47 Å². The van der Waals surface area contributed by atoms with E-state index in [0.29, 0.717) is 11.5 Å². The van der Waals surface area contributed by atoms with Crippen LogP contribution in [-0.2, 0) is 6.54 Å². The molecule has 0 aliphatic carbocycles. The molecule has 0 aliphatic rings. The van der Waals surface area contributed by atoms with Crippen molar-refractivity contribution < 1.29 is 24.3 Å². The maximum atomic E-state index is 12.3. The first-order valence-electron chi connectivity index (χ1n) is 6.90. The van der Waals surface area contributed by atoms with Gasteiger partial charge in [-0.3, -0.25) is 14.9 Å². The van der Waals surface area contributed by atoms with Crippen molar-refractivity contribution in [2.24, 2.45) is 0 Å². The number of non-ortho nitro benzene ring substituents is 1. The molecule has 0 bridgehead atoms. The summed E-state index contributed by atoms with van der Waals surface area (Å²) < 4.78 is 10.2. The molecule has 0 fully saturated rings. The zero-order valence-corrected chi connectivity index (χ0v) is 13.1. The summed E-state index contributed by atoms with van der Waals surface area (Å²) in [5.41, 5.74) is 0.182. The van der Waals surface area contributed by atoms with E-state index in [1.54, 1.807) is 12.1 Å². The molecule has 1 N–H and O–H groups in total. The molecule has 0 aromatic heterocycles. The summed E-state index contributed by atoms with van der Waals surface area (Å²) in [4.78, 5) is 22.4. The third-order valence-electron chi connectivity index (χ3n) is 3.35. The van der Waals surface area contributed by atoms with E-state index < -0.39 is 10.8 Å². The number of hydrogen-bond donors (Lipinski definition) is 1. The van der Waals surface area contributed by atoms with Crippen molar-refractivity contribution in [3.8, 4) is 17.2 Å². The zero-order chi connectivity index (χ0) is 17.7. The predicted octanol–water partition coefficient (Wildman–Crippen LogP) is 1.62. The number of rotatable bonds is 6. The van der Waals surface area contributed by atoms with Crippen LogP contribution in [0.3, 0.4) is 0 Å². The van der Waals surface area contributed by atoms with E-state index in [1.165, 1.54) is 20.3 Å². The zero-order valence-electron chi connectivity index (χ0n) is 13.1. The number of nitro benzene ring substituents is 1. The molecular weight excluding hydrogens is 316 g/mol. The summed E-state index contributed by atoms with van der Waals surface area (Å²) in [6.07, 6.45) is 0. The lowest BCUT2D eigenvalue weighted by Crippen LogP contribution is -2.24. The van der Waals surface area contributed by atoms with Gasteiger partial charge in [0, 0.05) is 24.7 Å². The minimum Gasteiger partial charge on any atom is -0.872 e. The molecule has 8 heteroatoms. The minimum absolute atomic E-state index is 0.130. The first-order valence-corrected chi connectivity index (χ1v) is 6.90. The second-order valence-corrected chi connectivity index (χ2v) is 4.80. The maximum Gasteiger partial charge on any atom is 0.269 e. The van der Waals surface area contributed by atoms with Crippen LogP contribution in [0, 0.1) is 10.1 Å². The number of nitrogens with one attached hydrogen (secondary N) is 1. The maximum absolute atomic E-state index is 12.3. The Morgan fingerprint density at radius 2 is 1.92 bits per heavy atom. The second-order valence-electron chi connectivity index (χ2n) is 4.80. The molecule has 0 unspecified atom stereocenters. The number of carbonyl (C=O) groups is 1. The van der Waals surface area contributed by atoms with Crippen molar-refractivity contribution in [1.29, 1.82) is 0 Å². The Balaban J connectivity index is 2.16. The fourth-order valence-corrected chi connectivity index (χ4v) is 2.07. The monoisotopic (exact) mass is 331 g/mol. The van der Waals surface area contributed by atoms with Crippen LogP contribution in [0.4, 0.5) is 5.69 Å². The SMILES string of the molecule is COc1ccc(C(=O)NCc2cc([N+](=O)[O-])ccc2[O-])c(OC)c1. The molecule has 0 heterocycles. The quantitative estimate of drug-likeness (QED) is 0.635. The van der Waals surface area contributed by atoms with Crippen LogP contribution in [0.15, 0.2) is 36.4 Å². The summed E-state index contributed by atoms with van der Waals surface area (Å²) in [5.74, 6) is -0.0137. The Kier molecular flexibility index (Phi) is 5.20. The van der Waals surface area contributed by atoms with Crippen LogP contribution in [-0.4, -0.2) is 25.1 Å². The highest BCUT2D eigenvalue weighted by atomic mass is 16.6. The Morgan fingerprint density at radius 1 is 1.17 bits per heavy atom. The largest absolute Gasteiger partial charge is 0.872 e. The van der Waals surface area contributed by atoms with Gasteiger partial charge in [0.1, 0.15) is 11.5 Å². The van der Waals surface area contributed by atoms with Crippen molar-refractivity contribution in [2.75, 3.05) is 14.2 Å². The second kappa shape index (κ2) is 7.32. The third kappa shape index (κ3) is 3.72. The summed E-state index contributed by atoms with van der Waals surface area (Å²) >= 11 is 0. The third-order valence-corrected chi connectivity index (χ3v) is 3.35. The number of methoxy groups -OCH3 is 2. The van der Waals surface area contributed by atoms with E-state index >= 15 is 0 Å². The molecule has 2 aromatic rings. The number of amides is 1. The number of hydrogen-bond acceptors (Lipinski definition) is 6. The van der Waals surface area contributed by atoms with Gasteiger partial charge in [-0.05, 0) is 17.7 Å². The van der Waals surface area contributed by atoms with Crippen molar-refractivity contribution in [1.82, 2.24) is 5.32 Å². The molecule has 0 radical (unpaired) electrons. The van der Waals surface area contributed by atoms with E-state index in [1.807, 2.05) is 0 Å². The van der Waals surface area contributed by atoms with Crippen LogP contribution in [0.5, 0.6) is 17.2 Å².